The van der Waals surface area contributed by atoms with Crippen molar-refractivity contribution in [2.24, 2.45) is 0 Å². The Morgan fingerprint density at radius 1 is 1.47 bits per heavy atom. The molecule has 0 aliphatic carbocycles. The first-order valence-electron chi connectivity index (χ1n) is 6.22. The number of amides is 1. The average Bonchev–Trinajstić information content (AvgIpc) is 2.83. The molecule has 1 amide bonds. The molecule has 3 N–H and O–H groups in total. The number of aromatic amines is 1. The van der Waals surface area contributed by atoms with Gasteiger partial charge in [0.15, 0.2) is 0 Å². The Morgan fingerprint density at radius 3 is 2.84 bits per heavy atom. The second-order valence-corrected chi connectivity index (χ2v) is 4.76. The van der Waals surface area contributed by atoms with Crippen LogP contribution >= 0.6 is 24.8 Å². The lowest BCUT2D eigenvalue weighted by Gasteiger charge is -2.33. The standard InChI is InChI=1S/C12H20N4O.2ClH/c1-12(5-2-3-6-16-12)11(17)15-7-4-10-13-8-9-14-10;;/h8-9,16H,2-7H2,1H3,(H,13,14)(H,15,17);2*1H. The van der Waals surface area contributed by atoms with E-state index < -0.39 is 0 Å². The maximum atomic E-state index is 12.0. The van der Waals surface area contributed by atoms with E-state index >= 15 is 0 Å². The third-order valence-electron chi connectivity index (χ3n) is 3.32. The highest BCUT2D eigenvalue weighted by atomic mass is 35.5. The summed E-state index contributed by atoms with van der Waals surface area (Å²) in [6.07, 6.45) is 7.46. The lowest BCUT2D eigenvalue weighted by molar-refractivity contribution is -0.127. The van der Waals surface area contributed by atoms with E-state index in [4.69, 9.17) is 0 Å². The van der Waals surface area contributed by atoms with Gasteiger partial charge < -0.3 is 15.6 Å². The molecule has 1 unspecified atom stereocenters. The van der Waals surface area contributed by atoms with Gasteiger partial charge >= 0.3 is 0 Å². The highest BCUT2D eigenvalue weighted by molar-refractivity contribution is 5.86. The second kappa shape index (κ2) is 8.40. The van der Waals surface area contributed by atoms with Gasteiger partial charge in [-0.25, -0.2) is 4.98 Å². The van der Waals surface area contributed by atoms with E-state index in [0.29, 0.717) is 6.54 Å². The number of piperidine rings is 1. The summed E-state index contributed by atoms with van der Waals surface area (Å²) in [4.78, 5) is 19.2. The van der Waals surface area contributed by atoms with Gasteiger partial charge in [0.25, 0.3) is 0 Å². The maximum Gasteiger partial charge on any atom is 0.240 e. The predicted molar refractivity (Wildman–Crippen MR) is 80.1 cm³/mol. The molecule has 0 saturated carbocycles. The minimum atomic E-state index is -0.387. The molecule has 5 nitrogen and oxygen atoms in total. The Kier molecular flexibility index (Phi) is 8.06. The number of aromatic nitrogens is 2. The fraction of sp³-hybridized carbons (Fsp3) is 0.667. The monoisotopic (exact) mass is 308 g/mol. The van der Waals surface area contributed by atoms with Crippen molar-refractivity contribution in [3.05, 3.63) is 18.2 Å². The third kappa shape index (κ3) is 5.01. The van der Waals surface area contributed by atoms with Crippen molar-refractivity contribution in [3.63, 3.8) is 0 Å². The van der Waals surface area contributed by atoms with E-state index in [0.717, 1.165) is 38.1 Å². The van der Waals surface area contributed by atoms with Gasteiger partial charge in [0.05, 0.1) is 5.54 Å². The SMILES string of the molecule is CC1(C(=O)NCCc2ncc[nH]2)CCCCN1.Cl.Cl. The third-order valence-corrected chi connectivity index (χ3v) is 3.32. The van der Waals surface area contributed by atoms with Crippen LogP contribution in [0, 0.1) is 0 Å². The van der Waals surface area contributed by atoms with Crippen LogP contribution in [0.1, 0.15) is 32.0 Å². The largest absolute Gasteiger partial charge is 0.354 e. The van der Waals surface area contributed by atoms with Gasteiger partial charge in [-0.15, -0.1) is 24.8 Å². The zero-order valence-electron chi connectivity index (χ0n) is 11.1. The molecule has 1 aromatic heterocycles. The zero-order chi connectivity index (χ0) is 12.1. The Hall–Kier alpha value is -0.780. The van der Waals surface area contributed by atoms with Crippen molar-refractivity contribution in [2.75, 3.05) is 13.1 Å². The fourth-order valence-electron chi connectivity index (χ4n) is 2.17. The number of imidazole rings is 1. The van der Waals surface area contributed by atoms with Crippen molar-refractivity contribution >= 4 is 30.7 Å². The Bertz CT molecular complexity index is 364. The number of carbonyl (C=O) groups excluding carboxylic acids is 1. The molecule has 1 aromatic rings. The fourth-order valence-corrected chi connectivity index (χ4v) is 2.17. The van der Waals surface area contributed by atoms with Gasteiger partial charge in [0, 0.05) is 25.4 Å². The number of rotatable bonds is 4. The molecule has 1 fully saturated rings. The summed E-state index contributed by atoms with van der Waals surface area (Å²) < 4.78 is 0. The first-order chi connectivity index (χ1) is 8.21. The molecule has 1 saturated heterocycles. The van der Waals surface area contributed by atoms with Gasteiger partial charge in [-0.2, -0.15) is 0 Å². The van der Waals surface area contributed by atoms with Gasteiger partial charge in [-0.1, -0.05) is 0 Å². The minimum absolute atomic E-state index is 0. The summed E-state index contributed by atoms with van der Waals surface area (Å²) in [6.45, 7) is 3.54. The molecule has 110 valence electrons. The smallest absolute Gasteiger partial charge is 0.240 e. The molecular formula is C12H22Cl2N4O. The van der Waals surface area contributed by atoms with Crippen LogP contribution in [-0.4, -0.2) is 34.5 Å². The molecule has 2 heterocycles. The summed E-state index contributed by atoms with van der Waals surface area (Å²) in [5.74, 6) is 1.01. The normalized spacial score (nSPS) is 21.9. The van der Waals surface area contributed by atoms with Gasteiger partial charge in [-0.05, 0) is 32.7 Å². The number of halogens is 2. The van der Waals surface area contributed by atoms with Gasteiger partial charge in [0.2, 0.25) is 5.91 Å². The van der Waals surface area contributed by atoms with E-state index in [2.05, 4.69) is 20.6 Å². The molecular weight excluding hydrogens is 287 g/mol. The summed E-state index contributed by atoms with van der Waals surface area (Å²) in [5, 5.41) is 6.27. The Balaban J connectivity index is 0.00000162. The number of carbonyl (C=O) groups is 1. The van der Waals surface area contributed by atoms with Crippen molar-refractivity contribution in [1.29, 1.82) is 0 Å². The molecule has 0 spiro atoms. The summed E-state index contributed by atoms with van der Waals surface area (Å²) in [7, 11) is 0. The van der Waals surface area contributed by atoms with Crippen LogP contribution in [0.15, 0.2) is 12.4 Å². The number of nitrogens with zero attached hydrogens (tertiary/aromatic N) is 1. The predicted octanol–water partition coefficient (Wildman–Crippen LogP) is 1.44. The Labute approximate surface area is 126 Å². The zero-order valence-corrected chi connectivity index (χ0v) is 12.7. The van der Waals surface area contributed by atoms with Crippen LogP contribution in [0.5, 0.6) is 0 Å². The summed E-state index contributed by atoms with van der Waals surface area (Å²) >= 11 is 0. The van der Waals surface area contributed by atoms with E-state index in [9.17, 15) is 4.79 Å². The molecule has 1 atom stereocenters. The lowest BCUT2D eigenvalue weighted by atomic mass is 9.90. The lowest BCUT2D eigenvalue weighted by Crippen LogP contribution is -2.57. The van der Waals surface area contributed by atoms with Crippen LogP contribution in [0.3, 0.4) is 0 Å². The highest BCUT2D eigenvalue weighted by Crippen LogP contribution is 2.18. The number of hydrogen-bond acceptors (Lipinski definition) is 3. The van der Waals surface area contributed by atoms with E-state index in [-0.39, 0.29) is 36.3 Å². The summed E-state index contributed by atoms with van der Waals surface area (Å²) in [6, 6.07) is 0. The number of hydrogen-bond donors (Lipinski definition) is 3. The highest BCUT2D eigenvalue weighted by Gasteiger charge is 2.33. The van der Waals surface area contributed by atoms with E-state index in [1.54, 1.807) is 12.4 Å². The van der Waals surface area contributed by atoms with Crippen molar-refractivity contribution in [2.45, 2.75) is 38.1 Å². The first-order valence-corrected chi connectivity index (χ1v) is 6.22. The number of nitrogens with one attached hydrogen (secondary N) is 3. The molecule has 2 rings (SSSR count). The topological polar surface area (TPSA) is 69.8 Å². The molecule has 7 heteroatoms. The first kappa shape index (κ1) is 18.2. The molecule has 0 bridgehead atoms. The molecule has 0 aromatic carbocycles. The second-order valence-electron chi connectivity index (χ2n) is 4.76. The van der Waals surface area contributed by atoms with Crippen molar-refractivity contribution in [3.8, 4) is 0 Å². The summed E-state index contributed by atoms with van der Waals surface area (Å²) in [5.41, 5.74) is -0.387. The quantitative estimate of drug-likeness (QED) is 0.788. The molecule has 19 heavy (non-hydrogen) atoms. The van der Waals surface area contributed by atoms with Gasteiger partial charge in [0.1, 0.15) is 5.82 Å². The van der Waals surface area contributed by atoms with E-state index in [1.807, 2.05) is 6.92 Å². The van der Waals surface area contributed by atoms with Gasteiger partial charge in [-0.3, -0.25) is 4.79 Å². The van der Waals surface area contributed by atoms with Crippen LogP contribution in [0.2, 0.25) is 0 Å². The van der Waals surface area contributed by atoms with Crippen LogP contribution in [0.4, 0.5) is 0 Å². The number of H-pyrrole nitrogens is 1. The van der Waals surface area contributed by atoms with Crippen molar-refractivity contribution in [1.82, 2.24) is 20.6 Å². The van der Waals surface area contributed by atoms with Crippen LogP contribution < -0.4 is 10.6 Å². The van der Waals surface area contributed by atoms with Crippen molar-refractivity contribution < 1.29 is 4.79 Å². The van der Waals surface area contributed by atoms with Crippen LogP contribution in [-0.2, 0) is 11.2 Å². The minimum Gasteiger partial charge on any atom is -0.354 e. The van der Waals surface area contributed by atoms with Crippen LogP contribution in [0.25, 0.3) is 0 Å². The maximum absolute atomic E-state index is 12.0. The molecule has 1 aliphatic heterocycles. The Morgan fingerprint density at radius 2 is 2.26 bits per heavy atom. The van der Waals surface area contributed by atoms with E-state index in [1.165, 1.54) is 0 Å². The molecule has 0 radical (unpaired) electrons. The molecule has 1 aliphatic rings. The average molecular weight is 309 g/mol.